The maximum atomic E-state index is 14.0. The van der Waals surface area contributed by atoms with Crippen LogP contribution in [0.15, 0.2) is 23.2 Å². The van der Waals surface area contributed by atoms with E-state index in [2.05, 4.69) is 10.3 Å². The Balaban J connectivity index is 1.90. The Morgan fingerprint density at radius 1 is 1.34 bits per heavy atom. The lowest BCUT2D eigenvalue weighted by atomic mass is 10.1. The van der Waals surface area contributed by atoms with E-state index in [0.29, 0.717) is 43.3 Å². The Hall–Kier alpha value is -2.22. The van der Waals surface area contributed by atoms with Gasteiger partial charge in [0.05, 0.1) is 30.1 Å². The van der Waals surface area contributed by atoms with E-state index in [4.69, 9.17) is 10.00 Å². The van der Waals surface area contributed by atoms with Crippen molar-refractivity contribution >= 4 is 16.0 Å². The Kier molecular flexibility index (Phi) is 8.37. The van der Waals surface area contributed by atoms with Crippen LogP contribution in [-0.4, -0.2) is 75.3 Å². The average molecular weight is 426 g/mol. The molecule has 0 aromatic heterocycles. The number of nitrogens with zero attached hydrogens (tertiary/aromatic N) is 4. The van der Waals surface area contributed by atoms with Crippen molar-refractivity contribution in [2.24, 2.45) is 4.99 Å². The zero-order valence-electron chi connectivity index (χ0n) is 17.1. The van der Waals surface area contributed by atoms with Gasteiger partial charge >= 0.3 is 0 Å². The van der Waals surface area contributed by atoms with Crippen molar-refractivity contribution in [1.29, 1.82) is 5.26 Å². The monoisotopic (exact) mass is 425 g/mol. The lowest BCUT2D eigenvalue weighted by Crippen LogP contribution is -2.54. The molecule has 1 aliphatic heterocycles. The van der Waals surface area contributed by atoms with Gasteiger partial charge in [0.2, 0.25) is 10.0 Å². The highest BCUT2D eigenvalue weighted by Gasteiger charge is 2.28. The van der Waals surface area contributed by atoms with Crippen molar-refractivity contribution in [1.82, 2.24) is 14.5 Å². The SMILES string of the molecule is CN=C(NCc1cc(C#N)ccc1F)N1CCN(S(=O)(=O)CCOC(C)C)CC1. The van der Waals surface area contributed by atoms with Gasteiger partial charge in [-0.15, -0.1) is 0 Å². The van der Waals surface area contributed by atoms with Crippen molar-refractivity contribution in [3.05, 3.63) is 35.1 Å². The quantitative estimate of drug-likeness (QED) is 0.520. The molecule has 1 fully saturated rings. The highest BCUT2D eigenvalue weighted by molar-refractivity contribution is 7.89. The molecule has 1 heterocycles. The predicted molar refractivity (Wildman–Crippen MR) is 109 cm³/mol. The van der Waals surface area contributed by atoms with Crippen LogP contribution in [-0.2, 0) is 21.3 Å². The summed E-state index contributed by atoms with van der Waals surface area (Å²) in [6.07, 6.45) is -0.00450. The lowest BCUT2D eigenvalue weighted by molar-refractivity contribution is 0.0904. The highest BCUT2D eigenvalue weighted by atomic mass is 32.2. The van der Waals surface area contributed by atoms with Crippen LogP contribution < -0.4 is 5.32 Å². The van der Waals surface area contributed by atoms with Gasteiger partial charge in [0.1, 0.15) is 5.82 Å². The largest absolute Gasteiger partial charge is 0.378 e. The summed E-state index contributed by atoms with van der Waals surface area (Å²) in [5.74, 6) is 0.130. The van der Waals surface area contributed by atoms with E-state index in [-0.39, 0.29) is 25.0 Å². The van der Waals surface area contributed by atoms with Crippen molar-refractivity contribution in [3.8, 4) is 6.07 Å². The van der Waals surface area contributed by atoms with Crippen LogP contribution in [0.5, 0.6) is 0 Å². The average Bonchev–Trinajstić information content (AvgIpc) is 2.69. The maximum absolute atomic E-state index is 14.0. The molecule has 0 saturated carbocycles. The zero-order valence-corrected chi connectivity index (χ0v) is 17.9. The number of ether oxygens (including phenoxy) is 1. The summed E-state index contributed by atoms with van der Waals surface area (Å²) < 4.78 is 45.6. The molecule has 1 aliphatic rings. The van der Waals surface area contributed by atoms with Crippen LogP contribution in [0.4, 0.5) is 4.39 Å². The van der Waals surface area contributed by atoms with Gasteiger partial charge in [-0.2, -0.15) is 9.57 Å². The fourth-order valence-corrected chi connectivity index (χ4v) is 4.27. The second-order valence-corrected chi connectivity index (χ2v) is 9.03. The van der Waals surface area contributed by atoms with Crippen LogP contribution in [0.3, 0.4) is 0 Å². The zero-order chi connectivity index (χ0) is 21.4. The number of hydrogen-bond acceptors (Lipinski definition) is 5. The van der Waals surface area contributed by atoms with E-state index in [9.17, 15) is 12.8 Å². The standard InChI is InChI=1S/C19H28FN5O3S/c1-15(2)28-10-11-29(26,27)25-8-6-24(7-9-25)19(22-3)23-14-17-12-16(13-21)4-5-18(17)20/h4-5,12,15H,6-11,14H2,1-3H3,(H,22,23). The minimum absolute atomic E-state index is 0.00450. The van der Waals surface area contributed by atoms with E-state index in [1.54, 1.807) is 7.05 Å². The number of nitriles is 1. The number of piperazine rings is 1. The van der Waals surface area contributed by atoms with Gasteiger partial charge in [0.15, 0.2) is 5.96 Å². The summed E-state index contributed by atoms with van der Waals surface area (Å²) in [6.45, 7) is 5.75. The highest BCUT2D eigenvalue weighted by Crippen LogP contribution is 2.12. The molecule has 1 saturated heterocycles. The first-order valence-corrected chi connectivity index (χ1v) is 11.1. The fraction of sp³-hybridized carbons (Fsp3) is 0.579. The molecular weight excluding hydrogens is 397 g/mol. The molecule has 29 heavy (non-hydrogen) atoms. The van der Waals surface area contributed by atoms with Crippen LogP contribution in [0.25, 0.3) is 0 Å². The van der Waals surface area contributed by atoms with E-state index in [1.165, 1.54) is 22.5 Å². The minimum atomic E-state index is -3.36. The topological polar surface area (TPSA) is 98.0 Å². The number of nitrogens with one attached hydrogen (secondary N) is 1. The molecule has 1 N–H and O–H groups in total. The maximum Gasteiger partial charge on any atom is 0.216 e. The van der Waals surface area contributed by atoms with Crippen LogP contribution >= 0.6 is 0 Å². The van der Waals surface area contributed by atoms with E-state index < -0.39 is 15.8 Å². The van der Waals surface area contributed by atoms with E-state index in [0.717, 1.165) is 0 Å². The van der Waals surface area contributed by atoms with E-state index >= 15 is 0 Å². The Bertz CT molecular complexity index is 859. The smallest absolute Gasteiger partial charge is 0.216 e. The van der Waals surface area contributed by atoms with Gasteiger partial charge < -0.3 is 15.0 Å². The molecule has 1 aromatic carbocycles. The number of halogens is 1. The van der Waals surface area contributed by atoms with E-state index in [1.807, 2.05) is 24.8 Å². The molecule has 0 bridgehead atoms. The Morgan fingerprint density at radius 2 is 2.03 bits per heavy atom. The van der Waals surface area contributed by atoms with Gasteiger partial charge in [-0.25, -0.2) is 12.8 Å². The summed E-state index contributed by atoms with van der Waals surface area (Å²) in [5.41, 5.74) is 0.759. The third-order valence-electron chi connectivity index (χ3n) is 4.55. The number of hydrogen-bond donors (Lipinski definition) is 1. The van der Waals surface area contributed by atoms with Crippen LogP contribution in [0.1, 0.15) is 25.0 Å². The van der Waals surface area contributed by atoms with Crippen molar-refractivity contribution < 1.29 is 17.5 Å². The summed E-state index contributed by atoms with van der Waals surface area (Å²) in [4.78, 5) is 6.14. The molecule has 160 valence electrons. The number of benzene rings is 1. The number of rotatable bonds is 7. The first kappa shape index (κ1) is 23.1. The molecule has 0 atom stereocenters. The molecule has 10 heteroatoms. The first-order valence-electron chi connectivity index (χ1n) is 9.50. The second-order valence-electron chi connectivity index (χ2n) is 6.94. The Morgan fingerprint density at radius 3 is 2.62 bits per heavy atom. The molecule has 8 nitrogen and oxygen atoms in total. The molecular formula is C19H28FN5O3S. The summed E-state index contributed by atoms with van der Waals surface area (Å²) in [6, 6.07) is 6.19. The summed E-state index contributed by atoms with van der Waals surface area (Å²) >= 11 is 0. The molecule has 1 aromatic rings. The third kappa shape index (κ3) is 6.66. The summed E-state index contributed by atoms with van der Waals surface area (Å²) in [7, 11) is -1.74. The second kappa shape index (κ2) is 10.5. The van der Waals surface area contributed by atoms with Gasteiger partial charge in [-0.1, -0.05) is 0 Å². The van der Waals surface area contributed by atoms with Crippen LogP contribution in [0, 0.1) is 17.1 Å². The van der Waals surface area contributed by atoms with Gasteiger partial charge in [-0.3, -0.25) is 4.99 Å². The summed E-state index contributed by atoms with van der Waals surface area (Å²) in [5, 5.41) is 12.1. The van der Waals surface area contributed by atoms with Crippen molar-refractivity contribution in [3.63, 3.8) is 0 Å². The van der Waals surface area contributed by atoms with Gasteiger partial charge in [-0.05, 0) is 32.0 Å². The normalized spacial score (nSPS) is 16.1. The van der Waals surface area contributed by atoms with Gasteiger partial charge in [0, 0.05) is 45.3 Å². The third-order valence-corrected chi connectivity index (χ3v) is 6.38. The fourth-order valence-electron chi connectivity index (χ4n) is 2.98. The molecule has 0 spiro atoms. The number of guanidine groups is 1. The molecule has 0 aliphatic carbocycles. The Labute approximate surface area is 172 Å². The van der Waals surface area contributed by atoms with Crippen molar-refractivity contribution in [2.45, 2.75) is 26.5 Å². The number of sulfonamides is 1. The van der Waals surface area contributed by atoms with Crippen LogP contribution in [0.2, 0.25) is 0 Å². The number of aliphatic imine (C=N–C) groups is 1. The van der Waals surface area contributed by atoms with Crippen molar-refractivity contribution in [2.75, 3.05) is 45.6 Å². The predicted octanol–water partition coefficient (Wildman–Crippen LogP) is 1.15. The molecule has 0 amide bonds. The lowest BCUT2D eigenvalue weighted by Gasteiger charge is -2.35. The molecule has 0 unspecified atom stereocenters. The van der Waals surface area contributed by atoms with Gasteiger partial charge in [0.25, 0.3) is 0 Å². The molecule has 2 rings (SSSR count). The molecule has 0 radical (unpaired) electrons. The first-order chi connectivity index (χ1) is 13.8. The minimum Gasteiger partial charge on any atom is -0.378 e.